The van der Waals surface area contributed by atoms with E-state index in [1.165, 1.54) is 12.1 Å². The number of nitrogens with one attached hydrogen (secondary N) is 2. The van der Waals surface area contributed by atoms with Crippen molar-refractivity contribution in [1.29, 1.82) is 0 Å². The zero-order valence-electron chi connectivity index (χ0n) is 25.7. The van der Waals surface area contributed by atoms with E-state index in [0.717, 1.165) is 12.0 Å². The van der Waals surface area contributed by atoms with Gasteiger partial charge in [0.15, 0.2) is 0 Å². The van der Waals surface area contributed by atoms with Crippen molar-refractivity contribution in [3.05, 3.63) is 58.6 Å². The number of alkyl carbamates (subject to hydrolysis) is 1. The van der Waals surface area contributed by atoms with Crippen LogP contribution in [0.1, 0.15) is 85.4 Å². The molecule has 0 radical (unpaired) electrons. The van der Waals surface area contributed by atoms with Crippen molar-refractivity contribution in [2.24, 2.45) is 11.8 Å². The first-order valence-corrected chi connectivity index (χ1v) is 14.6. The van der Waals surface area contributed by atoms with Gasteiger partial charge >= 0.3 is 6.09 Å². The van der Waals surface area contributed by atoms with Crippen LogP contribution in [0.4, 0.5) is 10.5 Å². The van der Waals surface area contributed by atoms with Gasteiger partial charge in [-0.1, -0.05) is 63.6 Å². The van der Waals surface area contributed by atoms with Gasteiger partial charge in [0.2, 0.25) is 5.91 Å². The molecule has 8 nitrogen and oxygen atoms in total. The largest absolute Gasteiger partial charge is 0.508 e. The van der Waals surface area contributed by atoms with E-state index >= 15 is 0 Å². The van der Waals surface area contributed by atoms with Gasteiger partial charge in [-0.2, -0.15) is 0 Å². The van der Waals surface area contributed by atoms with Crippen LogP contribution in [0.25, 0.3) is 0 Å². The first kappa shape index (κ1) is 33.9. The minimum absolute atomic E-state index is 0.0345. The normalized spacial score (nSPS) is 13.9. The summed E-state index contributed by atoms with van der Waals surface area (Å²) in [4.78, 5) is 42.9. The Kier molecular flexibility index (Phi) is 12.1. The van der Waals surface area contributed by atoms with Crippen LogP contribution in [0.15, 0.2) is 42.5 Å². The van der Waals surface area contributed by atoms with Crippen LogP contribution >= 0.6 is 11.6 Å². The number of phenols is 1. The summed E-state index contributed by atoms with van der Waals surface area (Å²) in [5.41, 5.74) is 0.986. The second kappa shape index (κ2) is 14.6. The molecule has 0 aliphatic carbocycles. The highest BCUT2D eigenvalue weighted by atomic mass is 35.5. The van der Waals surface area contributed by atoms with Gasteiger partial charge in [-0.3, -0.25) is 9.59 Å². The number of amides is 3. The maximum atomic E-state index is 14.4. The number of nitrogens with zero attached hydrogens (tertiary/aromatic N) is 1. The van der Waals surface area contributed by atoms with Crippen LogP contribution in [0.3, 0.4) is 0 Å². The van der Waals surface area contributed by atoms with E-state index in [-0.39, 0.29) is 17.7 Å². The monoisotopic (exact) mass is 587 g/mol. The molecule has 0 heterocycles. The summed E-state index contributed by atoms with van der Waals surface area (Å²) in [6.45, 7) is 16.9. The second-order valence-electron chi connectivity index (χ2n) is 12.3. The molecule has 0 saturated carbocycles. The van der Waals surface area contributed by atoms with Crippen LogP contribution in [-0.4, -0.2) is 45.6 Å². The number of carbonyl (C=O) groups excluding carboxylic acids is 3. The van der Waals surface area contributed by atoms with Crippen molar-refractivity contribution in [3.8, 4) is 5.75 Å². The molecule has 3 unspecified atom stereocenters. The van der Waals surface area contributed by atoms with E-state index in [2.05, 4.69) is 24.5 Å². The Hall–Kier alpha value is -3.26. The zero-order valence-corrected chi connectivity index (χ0v) is 26.5. The molecule has 0 bridgehead atoms. The molecule has 3 N–H and O–H groups in total. The fourth-order valence-corrected chi connectivity index (χ4v) is 4.77. The number of halogens is 1. The summed E-state index contributed by atoms with van der Waals surface area (Å²) in [6, 6.07) is 9.13. The van der Waals surface area contributed by atoms with E-state index in [9.17, 15) is 19.5 Å². The van der Waals surface area contributed by atoms with Crippen LogP contribution in [0.2, 0.25) is 5.02 Å². The number of hydrogen-bond acceptors (Lipinski definition) is 5. The zero-order chi connectivity index (χ0) is 31.1. The predicted molar refractivity (Wildman–Crippen MR) is 164 cm³/mol. The van der Waals surface area contributed by atoms with Gasteiger partial charge in [-0.15, -0.1) is 0 Å². The quantitative estimate of drug-likeness (QED) is 0.257. The van der Waals surface area contributed by atoms with Gasteiger partial charge in [0.05, 0.1) is 10.7 Å². The Morgan fingerprint density at radius 2 is 1.59 bits per heavy atom. The lowest BCUT2D eigenvalue weighted by atomic mass is 9.94. The second-order valence-corrected chi connectivity index (χ2v) is 12.8. The van der Waals surface area contributed by atoms with Crippen molar-refractivity contribution in [3.63, 3.8) is 0 Å². The molecule has 226 valence electrons. The number of carbonyl (C=O) groups is 3. The Labute approximate surface area is 249 Å². The molecule has 41 heavy (non-hydrogen) atoms. The number of aromatic hydroxyl groups is 1. The molecular weight excluding hydrogens is 542 g/mol. The first-order valence-electron chi connectivity index (χ1n) is 14.2. The number of phenolic OH excluding ortho intramolecular Hbond substituents is 1. The number of para-hydroxylation sites is 1. The molecule has 0 spiro atoms. The van der Waals surface area contributed by atoms with Gasteiger partial charge in [-0.05, 0) is 88.6 Å². The Morgan fingerprint density at radius 1 is 0.976 bits per heavy atom. The minimum Gasteiger partial charge on any atom is -0.508 e. The number of aryl methyl sites for hydroxylation is 1. The number of hydrogen-bond donors (Lipinski definition) is 3. The van der Waals surface area contributed by atoms with E-state index in [1.807, 2.05) is 33.8 Å². The van der Waals surface area contributed by atoms with Crippen LogP contribution in [0.5, 0.6) is 5.75 Å². The van der Waals surface area contributed by atoms with Crippen molar-refractivity contribution in [2.45, 2.75) is 98.9 Å². The van der Waals surface area contributed by atoms with Gasteiger partial charge in [0.25, 0.3) is 5.91 Å². The number of ether oxygens (including phenoxy) is 1. The highest BCUT2D eigenvalue weighted by Crippen LogP contribution is 2.32. The van der Waals surface area contributed by atoms with Gasteiger partial charge in [-0.25, -0.2) is 4.79 Å². The highest BCUT2D eigenvalue weighted by molar-refractivity contribution is 6.34. The fraction of sp³-hybridized carbons (Fsp3) is 0.531. The molecule has 3 atom stereocenters. The third-order valence-corrected chi connectivity index (χ3v) is 7.02. The summed E-state index contributed by atoms with van der Waals surface area (Å²) < 4.78 is 5.46. The summed E-state index contributed by atoms with van der Waals surface area (Å²) in [7, 11) is 0. The molecule has 0 aliphatic rings. The van der Waals surface area contributed by atoms with E-state index < -0.39 is 35.6 Å². The molecule has 2 aromatic rings. The molecule has 2 rings (SSSR count). The maximum Gasteiger partial charge on any atom is 0.408 e. The smallest absolute Gasteiger partial charge is 0.408 e. The Bertz CT molecular complexity index is 1170. The Balaban J connectivity index is 2.65. The van der Waals surface area contributed by atoms with E-state index in [0.29, 0.717) is 28.6 Å². The SMILES string of the molecule is Cc1cccc(Cl)c1NC(=O)C(c1ccc(O)cc1)N(C(=O)C(NC(=O)OC(C)(C)C)C(C)C)C(C)CCC(C)C. The maximum absolute atomic E-state index is 14.4. The molecular formula is C32H46ClN3O5. The molecule has 0 fully saturated rings. The van der Waals surface area contributed by atoms with Gasteiger partial charge in [0.1, 0.15) is 23.4 Å². The van der Waals surface area contributed by atoms with Crippen molar-refractivity contribution >= 4 is 35.2 Å². The van der Waals surface area contributed by atoms with E-state index in [1.54, 1.807) is 49.9 Å². The van der Waals surface area contributed by atoms with Crippen molar-refractivity contribution in [1.82, 2.24) is 10.2 Å². The molecule has 0 aromatic heterocycles. The van der Waals surface area contributed by atoms with E-state index in [4.69, 9.17) is 16.3 Å². The average molecular weight is 588 g/mol. The summed E-state index contributed by atoms with van der Waals surface area (Å²) in [5, 5.41) is 16.1. The molecule has 0 saturated heterocycles. The lowest BCUT2D eigenvalue weighted by molar-refractivity contribution is -0.144. The molecule has 3 amide bonds. The fourth-order valence-electron chi connectivity index (χ4n) is 4.50. The van der Waals surface area contributed by atoms with Crippen molar-refractivity contribution < 1.29 is 24.2 Å². The standard InChI is InChI=1S/C32H46ClN3O5/c1-19(2)13-14-22(6)36(30(39)26(20(3)4)35-31(40)41-32(7,8)9)28(23-15-17-24(37)18-16-23)29(38)34-27-21(5)11-10-12-25(27)33/h10-12,15-20,22,26,28,37H,13-14H2,1-9H3,(H,34,38)(H,35,40). The summed E-state index contributed by atoms with van der Waals surface area (Å²) in [5.74, 6) is -0.763. The minimum atomic E-state index is -1.08. The molecule has 0 aliphatic heterocycles. The number of anilines is 1. The lowest BCUT2D eigenvalue weighted by Crippen LogP contribution is -2.56. The predicted octanol–water partition coefficient (Wildman–Crippen LogP) is 7.24. The molecule has 2 aromatic carbocycles. The number of rotatable bonds is 11. The number of benzene rings is 2. The lowest BCUT2D eigenvalue weighted by Gasteiger charge is -2.39. The summed E-state index contributed by atoms with van der Waals surface area (Å²) in [6.07, 6.45) is 0.745. The van der Waals surface area contributed by atoms with Crippen molar-refractivity contribution in [2.75, 3.05) is 5.32 Å². The first-order chi connectivity index (χ1) is 19.0. The highest BCUT2D eigenvalue weighted by Gasteiger charge is 2.40. The Morgan fingerprint density at radius 3 is 2.10 bits per heavy atom. The van der Waals surface area contributed by atoms with Crippen LogP contribution < -0.4 is 10.6 Å². The topological polar surface area (TPSA) is 108 Å². The van der Waals surface area contributed by atoms with Crippen LogP contribution in [-0.2, 0) is 14.3 Å². The third-order valence-electron chi connectivity index (χ3n) is 6.70. The summed E-state index contributed by atoms with van der Waals surface area (Å²) >= 11 is 6.45. The molecule has 9 heteroatoms. The van der Waals surface area contributed by atoms with Crippen LogP contribution in [0, 0.1) is 18.8 Å². The van der Waals surface area contributed by atoms with Gasteiger partial charge < -0.3 is 25.4 Å². The van der Waals surface area contributed by atoms with Gasteiger partial charge in [0, 0.05) is 6.04 Å². The average Bonchev–Trinajstić information content (AvgIpc) is 2.85. The third kappa shape index (κ3) is 9.95.